The minimum atomic E-state index is -0.509. The number of thiophene rings is 1. The van der Waals surface area contributed by atoms with Crippen LogP contribution in [0.15, 0.2) is 33.2 Å². The highest BCUT2D eigenvalue weighted by Gasteiger charge is 2.26. The lowest BCUT2D eigenvalue weighted by atomic mass is 10.1. The topological polar surface area (TPSA) is 50.7 Å². The second-order valence-corrected chi connectivity index (χ2v) is 8.29. The van der Waals surface area contributed by atoms with Crippen molar-refractivity contribution in [3.05, 3.63) is 38.1 Å². The van der Waals surface area contributed by atoms with Gasteiger partial charge in [0.15, 0.2) is 11.5 Å². The van der Waals surface area contributed by atoms with Crippen molar-refractivity contribution < 1.29 is 9.53 Å². The molecular formula is C15H11BrCl2N2O2S. The van der Waals surface area contributed by atoms with Gasteiger partial charge in [0.1, 0.15) is 0 Å². The summed E-state index contributed by atoms with van der Waals surface area (Å²) in [5.74, 6) is -0.242. The number of nitrogens with zero attached hydrogens (tertiary/aromatic N) is 1. The van der Waals surface area contributed by atoms with E-state index >= 15 is 0 Å². The Morgan fingerprint density at radius 3 is 2.78 bits per heavy atom. The van der Waals surface area contributed by atoms with Crippen LogP contribution in [0.1, 0.15) is 6.92 Å². The Hall–Kier alpha value is -1.08. The molecule has 0 fully saturated rings. The fraction of sp³-hybridized carbons (Fsp3) is 0.200. The lowest BCUT2D eigenvalue weighted by Crippen LogP contribution is -2.25. The zero-order valence-electron chi connectivity index (χ0n) is 11.9. The molecule has 1 aliphatic rings. The second-order valence-electron chi connectivity index (χ2n) is 5.02. The molecule has 120 valence electrons. The van der Waals surface area contributed by atoms with Gasteiger partial charge in [0, 0.05) is 22.9 Å². The van der Waals surface area contributed by atoms with Crippen molar-refractivity contribution >= 4 is 62.1 Å². The smallest absolute Gasteiger partial charge is 0.360 e. The van der Waals surface area contributed by atoms with Crippen LogP contribution >= 0.6 is 50.5 Å². The number of carbonyl (C=O) groups excluding carboxylic acids is 1. The van der Waals surface area contributed by atoms with Gasteiger partial charge in [-0.05, 0) is 40.2 Å². The predicted octanol–water partition coefficient (Wildman–Crippen LogP) is 4.99. The maximum atomic E-state index is 12.2. The molecule has 1 aromatic heterocycles. The summed E-state index contributed by atoms with van der Waals surface area (Å²) in [5.41, 5.74) is 3.90. The molecule has 0 aliphatic carbocycles. The maximum Gasteiger partial charge on any atom is 0.360 e. The molecule has 1 atom stereocenters. The molecule has 1 aliphatic heterocycles. The van der Waals surface area contributed by atoms with Gasteiger partial charge in [-0.1, -0.05) is 30.1 Å². The van der Waals surface area contributed by atoms with E-state index in [1.807, 2.05) is 19.1 Å². The zero-order valence-corrected chi connectivity index (χ0v) is 15.8. The van der Waals surface area contributed by atoms with Gasteiger partial charge >= 0.3 is 5.97 Å². The second kappa shape index (κ2) is 6.81. The number of hydrogen-bond donors (Lipinski definition) is 1. The van der Waals surface area contributed by atoms with Crippen LogP contribution in [0.2, 0.25) is 10.0 Å². The summed E-state index contributed by atoms with van der Waals surface area (Å²) in [6.07, 6.45) is 0. The predicted molar refractivity (Wildman–Crippen MR) is 97.7 cm³/mol. The Balaban J connectivity index is 1.92. The van der Waals surface area contributed by atoms with Gasteiger partial charge in [-0.2, -0.15) is 5.10 Å². The molecule has 8 heteroatoms. The minimum absolute atomic E-state index is 0.00120. The van der Waals surface area contributed by atoms with E-state index in [0.29, 0.717) is 17.3 Å². The summed E-state index contributed by atoms with van der Waals surface area (Å²) in [5, 5.41) is 4.74. The number of hydrazone groups is 1. The van der Waals surface area contributed by atoms with Gasteiger partial charge in [-0.15, -0.1) is 11.3 Å². The third-order valence-corrected chi connectivity index (χ3v) is 5.60. The summed E-state index contributed by atoms with van der Waals surface area (Å²) in [6.45, 7) is 2.52. The van der Waals surface area contributed by atoms with E-state index in [4.69, 9.17) is 27.9 Å². The molecule has 0 saturated heterocycles. The Labute approximate surface area is 155 Å². The van der Waals surface area contributed by atoms with E-state index in [1.165, 1.54) is 11.3 Å². The Kier molecular flexibility index (Phi) is 4.96. The zero-order chi connectivity index (χ0) is 16.6. The van der Waals surface area contributed by atoms with Crippen molar-refractivity contribution in [3.8, 4) is 16.2 Å². The first-order chi connectivity index (χ1) is 11.0. The third kappa shape index (κ3) is 3.55. The monoisotopic (exact) mass is 432 g/mol. The van der Waals surface area contributed by atoms with Crippen molar-refractivity contribution in [2.24, 2.45) is 11.0 Å². The Bertz CT molecular complexity index is 807. The molecular weight excluding hydrogens is 423 g/mol. The van der Waals surface area contributed by atoms with Crippen LogP contribution < -0.4 is 10.2 Å². The molecule has 0 amide bonds. The molecule has 1 N–H and O–H groups in total. The van der Waals surface area contributed by atoms with E-state index in [1.54, 1.807) is 12.1 Å². The lowest BCUT2D eigenvalue weighted by molar-refractivity contribution is -0.127. The van der Waals surface area contributed by atoms with Gasteiger partial charge in [-0.25, -0.2) is 4.79 Å². The van der Waals surface area contributed by atoms with Crippen molar-refractivity contribution in [2.75, 3.05) is 6.54 Å². The fourth-order valence-electron chi connectivity index (χ4n) is 2.13. The van der Waals surface area contributed by atoms with Crippen LogP contribution in [0.5, 0.6) is 5.75 Å². The molecule has 0 saturated carbocycles. The molecule has 3 rings (SSSR count). The summed E-state index contributed by atoms with van der Waals surface area (Å²) in [7, 11) is 0. The number of benzene rings is 1. The standard InChI is InChI=1S/C15H11BrCl2N2O2S/c1-7-6-19-20-14(7)15(21)22-11-4-8(9(17)5-10(11)18)12-2-3-13(16)23-12/h2-5,7,19H,6H2,1H3. The van der Waals surface area contributed by atoms with Crippen molar-refractivity contribution in [2.45, 2.75) is 6.92 Å². The minimum Gasteiger partial charge on any atom is -0.420 e. The highest BCUT2D eigenvalue weighted by molar-refractivity contribution is 9.11. The molecule has 0 radical (unpaired) electrons. The van der Waals surface area contributed by atoms with Crippen LogP contribution in [0.25, 0.3) is 10.4 Å². The average Bonchev–Trinajstić information content (AvgIpc) is 3.10. The van der Waals surface area contributed by atoms with Gasteiger partial charge in [0.2, 0.25) is 0 Å². The van der Waals surface area contributed by atoms with E-state index in [0.717, 1.165) is 14.2 Å². The van der Waals surface area contributed by atoms with E-state index in [9.17, 15) is 4.79 Å². The highest BCUT2D eigenvalue weighted by Crippen LogP contribution is 2.40. The number of hydrogen-bond acceptors (Lipinski definition) is 5. The third-order valence-electron chi connectivity index (χ3n) is 3.34. The van der Waals surface area contributed by atoms with Gasteiger partial charge in [0.05, 0.1) is 13.8 Å². The Morgan fingerprint density at radius 1 is 1.39 bits per heavy atom. The van der Waals surface area contributed by atoms with Crippen LogP contribution in [0, 0.1) is 5.92 Å². The Morgan fingerprint density at radius 2 is 2.17 bits per heavy atom. The van der Waals surface area contributed by atoms with Gasteiger partial charge in [-0.3, -0.25) is 0 Å². The molecule has 2 heterocycles. The van der Waals surface area contributed by atoms with E-state index < -0.39 is 5.97 Å². The van der Waals surface area contributed by atoms with Gasteiger partial charge in [0.25, 0.3) is 0 Å². The molecule has 4 nitrogen and oxygen atoms in total. The quantitative estimate of drug-likeness (QED) is 0.548. The number of carbonyl (C=O) groups is 1. The molecule has 23 heavy (non-hydrogen) atoms. The number of esters is 1. The first kappa shape index (κ1) is 16.8. The number of halogens is 3. The van der Waals surface area contributed by atoms with E-state index in [-0.39, 0.29) is 16.7 Å². The number of nitrogens with one attached hydrogen (secondary N) is 1. The average molecular weight is 434 g/mol. The fourth-order valence-corrected chi connectivity index (χ4v) is 4.12. The maximum absolute atomic E-state index is 12.2. The van der Waals surface area contributed by atoms with E-state index in [2.05, 4.69) is 26.5 Å². The first-order valence-corrected chi connectivity index (χ1v) is 9.09. The van der Waals surface area contributed by atoms with Crippen molar-refractivity contribution in [1.82, 2.24) is 5.43 Å². The summed E-state index contributed by atoms with van der Waals surface area (Å²) >= 11 is 17.4. The van der Waals surface area contributed by atoms with Crippen molar-refractivity contribution in [3.63, 3.8) is 0 Å². The van der Waals surface area contributed by atoms with Crippen LogP contribution in [-0.4, -0.2) is 18.2 Å². The normalized spacial score (nSPS) is 16.9. The SMILES string of the molecule is CC1CNN=C1C(=O)Oc1cc(-c2ccc(Br)s2)c(Cl)cc1Cl. The largest absolute Gasteiger partial charge is 0.420 e. The molecule has 0 spiro atoms. The van der Waals surface area contributed by atoms with Crippen LogP contribution in [0.4, 0.5) is 0 Å². The highest BCUT2D eigenvalue weighted by atomic mass is 79.9. The number of ether oxygens (including phenoxy) is 1. The molecule has 0 bridgehead atoms. The van der Waals surface area contributed by atoms with Gasteiger partial charge < -0.3 is 10.2 Å². The summed E-state index contributed by atoms with van der Waals surface area (Å²) < 4.78 is 6.40. The molecule has 1 unspecified atom stereocenters. The van der Waals surface area contributed by atoms with Crippen LogP contribution in [0.3, 0.4) is 0 Å². The number of rotatable bonds is 3. The summed E-state index contributed by atoms with van der Waals surface area (Å²) in [4.78, 5) is 13.2. The molecule has 2 aromatic rings. The molecule has 1 aromatic carbocycles. The van der Waals surface area contributed by atoms with Crippen molar-refractivity contribution in [1.29, 1.82) is 0 Å². The lowest BCUT2D eigenvalue weighted by Gasteiger charge is -2.10. The first-order valence-electron chi connectivity index (χ1n) is 6.73. The summed E-state index contributed by atoms with van der Waals surface area (Å²) in [6, 6.07) is 7.11. The van der Waals surface area contributed by atoms with Crippen LogP contribution in [-0.2, 0) is 4.79 Å².